The largest absolute Gasteiger partial charge is 0.299 e. The molecule has 5 nitrogen and oxygen atoms in total. The van der Waals surface area contributed by atoms with Crippen molar-refractivity contribution in [3.8, 4) is 0 Å². The number of ketones is 2. The molecule has 2 amide bonds. The smallest absolute Gasteiger partial charge is 0.234 e. The fourth-order valence-electron chi connectivity index (χ4n) is 2.25. The number of amides is 2. The SMILES string of the molecule is CCC(=O)CSCC(=O)CCCN1C(=O)CCC(C)(C)C1=O. The molecule has 0 atom stereocenters. The Morgan fingerprint density at radius 3 is 2.45 bits per heavy atom. The second kappa shape index (κ2) is 8.46. The maximum atomic E-state index is 12.2. The van der Waals surface area contributed by atoms with Gasteiger partial charge in [0.1, 0.15) is 11.6 Å². The lowest BCUT2D eigenvalue weighted by Crippen LogP contribution is -2.49. The highest BCUT2D eigenvalue weighted by atomic mass is 32.2. The van der Waals surface area contributed by atoms with E-state index in [-0.39, 0.29) is 23.4 Å². The van der Waals surface area contributed by atoms with Crippen LogP contribution in [0.1, 0.15) is 52.9 Å². The molecule has 1 fully saturated rings. The van der Waals surface area contributed by atoms with Crippen molar-refractivity contribution in [1.82, 2.24) is 4.90 Å². The first-order valence-corrected chi connectivity index (χ1v) is 8.89. The summed E-state index contributed by atoms with van der Waals surface area (Å²) in [6.45, 7) is 5.81. The van der Waals surface area contributed by atoms with Crippen molar-refractivity contribution < 1.29 is 19.2 Å². The van der Waals surface area contributed by atoms with E-state index in [9.17, 15) is 19.2 Å². The molecule has 1 aliphatic heterocycles. The van der Waals surface area contributed by atoms with Crippen LogP contribution in [0.25, 0.3) is 0 Å². The first-order valence-electron chi connectivity index (χ1n) is 7.74. The van der Waals surface area contributed by atoms with E-state index < -0.39 is 5.41 Å². The number of thioether (sulfide) groups is 1. The molecule has 1 saturated heterocycles. The van der Waals surface area contributed by atoms with E-state index in [4.69, 9.17) is 0 Å². The van der Waals surface area contributed by atoms with Gasteiger partial charge in [-0.1, -0.05) is 20.8 Å². The normalized spacial score (nSPS) is 17.7. The summed E-state index contributed by atoms with van der Waals surface area (Å²) >= 11 is 1.33. The molecule has 124 valence electrons. The van der Waals surface area contributed by atoms with E-state index in [1.54, 1.807) is 6.92 Å². The molecule has 0 saturated carbocycles. The average molecular weight is 327 g/mol. The number of likely N-dealkylation sites (tertiary alicyclic amines) is 1. The van der Waals surface area contributed by atoms with E-state index in [2.05, 4.69) is 0 Å². The van der Waals surface area contributed by atoms with Crippen LogP contribution in [0.2, 0.25) is 0 Å². The summed E-state index contributed by atoms with van der Waals surface area (Å²) < 4.78 is 0. The lowest BCUT2D eigenvalue weighted by molar-refractivity contribution is -0.156. The number of carbonyl (C=O) groups excluding carboxylic acids is 4. The second-order valence-corrected chi connectivity index (χ2v) is 7.25. The maximum Gasteiger partial charge on any atom is 0.234 e. The predicted octanol–water partition coefficient (Wildman–Crippen LogP) is 2.22. The number of imide groups is 1. The van der Waals surface area contributed by atoms with Crippen LogP contribution in [0.4, 0.5) is 0 Å². The first-order chi connectivity index (χ1) is 10.3. The summed E-state index contributed by atoms with van der Waals surface area (Å²) in [5.41, 5.74) is -0.492. The third-order valence-electron chi connectivity index (χ3n) is 3.85. The van der Waals surface area contributed by atoms with Crippen LogP contribution >= 0.6 is 11.8 Å². The topological polar surface area (TPSA) is 71.5 Å². The molecular formula is C16H25NO4S. The lowest BCUT2D eigenvalue weighted by Gasteiger charge is -2.35. The van der Waals surface area contributed by atoms with E-state index in [0.29, 0.717) is 50.2 Å². The Kier molecular flexibility index (Phi) is 7.26. The Balaban J connectivity index is 2.31. The van der Waals surface area contributed by atoms with Crippen LogP contribution in [-0.4, -0.2) is 46.3 Å². The molecule has 1 rings (SSSR count). The van der Waals surface area contributed by atoms with Gasteiger partial charge in [0.05, 0.1) is 11.5 Å². The van der Waals surface area contributed by atoms with E-state index >= 15 is 0 Å². The van der Waals surface area contributed by atoms with Crippen LogP contribution in [0.5, 0.6) is 0 Å². The average Bonchev–Trinajstić information content (AvgIpc) is 2.47. The molecule has 1 heterocycles. The van der Waals surface area contributed by atoms with Crippen molar-refractivity contribution >= 4 is 35.1 Å². The number of Topliss-reactive ketones (excluding diaryl/α,β-unsaturated/α-hetero) is 2. The van der Waals surface area contributed by atoms with Gasteiger partial charge in [-0.25, -0.2) is 0 Å². The van der Waals surface area contributed by atoms with Crippen molar-refractivity contribution in [3.63, 3.8) is 0 Å². The quantitative estimate of drug-likeness (QED) is 0.607. The van der Waals surface area contributed by atoms with Crippen molar-refractivity contribution in [1.29, 1.82) is 0 Å². The predicted molar refractivity (Wildman–Crippen MR) is 86.6 cm³/mol. The Hall–Kier alpha value is -1.17. The van der Waals surface area contributed by atoms with Gasteiger partial charge in [0, 0.05) is 31.2 Å². The zero-order valence-electron chi connectivity index (χ0n) is 13.6. The van der Waals surface area contributed by atoms with Crippen molar-refractivity contribution in [2.24, 2.45) is 5.41 Å². The minimum absolute atomic E-state index is 0.0603. The molecule has 1 aliphatic rings. The van der Waals surface area contributed by atoms with Crippen LogP contribution in [0.15, 0.2) is 0 Å². The molecule has 0 aromatic heterocycles. The summed E-state index contributed by atoms with van der Waals surface area (Å²) in [6, 6.07) is 0. The third-order valence-corrected chi connectivity index (χ3v) is 4.90. The first kappa shape index (κ1) is 18.9. The van der Waals surface area contributed by atoms with Gasteiger partial charge in [-0.3, -0.25) is 24.1 Å². The summed E-state index contributed by atoms with van der Waals surface area (Å²) in [5.74, 6) is 0.618. The van der Waals surface area contributed by atoms with Crippen LogP contribution in [0.3, 0.4) is 0 Å². The Labute approximate surface area is 136 Å². The number of hydrogen-bond acceptors (Lipinski definition) is 5. The fourth-order valence-corrected chi connectivity index (χ4v) is 3.16. The number of hydrogen-bond donors (Lipinski definition) is 0. The van der Waals surface area contributed by atoms with Gasteiger partial charge >= 0.3 is 0 Å². The van der Waals surface area contributed by atoms with E-state index in [0.717, 1.165) is 0 Å². The molecular weight excluding hydrogens is 302 g/mol. The summed E-state index contributed by atoms with van der Waals surface area (Å²) in [7, 11) is 0. The van der Waals surface area contributed by atoms with E-state index in [1.165, 1.54) is 16.7 Å². The summed E-state index contributed by atoms with van der Waals surface area (Å²) in [4.78, 5) is 48.2. The fraction of sp³-hybridized carbons (Fsp3) is 0.750. The second-order valence-electron chi connectivity index (χ2n) is 6.26. The van der Waals surface area contributed by atoms with E-state index in [1.807, 2.05) is 13.8 Å². The van der Waals surface area contributed by atoms with Crippen molar-refractivity contribution in [2.75, 3.05) is 18.1 Å². The number of rotatable bonds is 9. The maximum absolute atomic E-state index is 12.2. The Bertz CT molecular complexity index is 459. The minimum Gasteiger partial charge on any atom is -0.299 e. The van der Waals surface area contributed by atoms with Gasteiger partial charge in [-0.15, -0.1) is 11.8 Å². The highest BCUT2D eigenvalue weighted by Crippen LogP contribution is 2.30. The van der Waals surface area contributed by atoms with Gasteiger partial charge in [0.15, 0.2) is 0 Å². The van der Waals surface area contributed by atoms with Crippen molar-refractivity contribution in [2.45, 2.75) is 52.9 Å². The summed E-state index contributed by atoms with van der Waals surface area (Å²) in [6.07, 6.45) is 2.31. The monoisotopic (exact) mass is 327 g/mol. The van der Waals surface area contributed by atoms with Crippen LogP contribution in [-0.2, 0) is 19.2 Å². The Morgan fingerprint density at radius 1 is 1.18 bits per heavy atom. The highest BCUT2D eigenvalue weighted by Gasteiger charge is 2.39. The van der Waals surface area contributed by atoms with Gasteiger partial charge in [-0.05, 0) is 12.8 Å². The number of nitrogens with zero attached hydrogens (tertiary/aromatic N) is 1. The zero-order chi connectivity index (χ0) is 16.8. The minimum atomic E-state index is -0.492. The summed E-state index contributed by atoms with van der Waals surface area (Å²) in [5, 5.41) is 0. The zero-order valence-corrected chi connectivity index (χ0v) is 14.5. The molecule has 0 radical (unpaired) electrons. The van der Waals surface area contributed by atoms with Crippen LogP contribution in [0, 0.1) is 5.41 Å². The van der Waals surface area contributed by atoms with Gasteiger partial charge in [0.25, 0.3) is 0 Å². The standard InChI is InChI=1S/C16H25NO4S/c1-4-12(18)10-22-11-13(19)6-5-9-17-14(20)7-8-16(2,3)15(17)21/h4-11H2,1-3H3. The van der Waals surface area contributed by atoms with Gasteiger partial charge in [0.2, 0.25) is 11.8 Å². The third kappa shape index (κ3) is 5.55. The molecule has 0 N–H and O–H groups in total. The molecule has 0 aromatic rings. The number of piperidine rings is 1. The molecule has 0 unspecified atom stereocenters. The van der Waals surface area contributed by atoms with Crippen molar-refractivity contribution in [3.05, 3.63) is 0 Å². The molecule has 0 bridgehead atoms. The lowest BCUT2D eigenvalue weighted by atomic mass is 9.83. The molecule has 0 aromatic carbocycles. The molecule has 22 heavy (non-hydrogen) atoms. The van der Waals surface area contributed by atoms with Gasteiger partial charge in [-0.2, -0.15) is 0 Å². The van der Waals surface area contributed by atoms with Gasteiger partial charge < -0.3 is 0 Å². The highest BCUT2D eigenvalue weighted by molar-refractivity contribution is 8.00. The Morgan fingerprint density at radius 2 is 1.82 bits per heavy atom. The molecule has 0 aliphatic carbocycles. The number of carbonyl (C=O) groups is 4. The molecule has 0 spiro atoms. The molecule has 6 heteroatoms. The van der Waals surface area contributed by atoms with Crippen LogP contribution < -0.4 is 0 Å².